The lowest BCUT2D eigenvalue weighted by atomic mass is 9.97. The fraction of sp³-hybridized carbons (Fsp3) is 0.500. The summed E-state index contributed by atoms with van der Waals surface area (Å²) in [5.74, 6) is -0.268. The normalized spacial score (nSPS) is 15.5. The van der Waals surface area contributed by atoms with Gasteiger partial charge in [0.25, 0.3) is 0 Å². The highest BCUT2D eigenvalue weighted by atomic mass is 16.5. The lowest BCUT2D eigenvalue weighted by Gasteiger charge is -2.30. The zero-order chi connectivity index (χ0) is 17.1. The van der Waals surface area contributed by atoms with Gasteiger partial charge in [-0.15, -0.1) is 5.10 Å². The summed E-state index contributed by atoms with van der Waals surface area (Å²) in [6.45, 7) is 3.28. The first-order valence-electron chi connectivity index (χ1n) is 8.10. The Morgan fingerprint density at radius 2 is 2.08 bits per heavy atom. The number of anilines is 1. The molecule has 3 rings (SSSR count). The Bertz CT molecular complexity index is 749. The van der Waals surface area contributed by atoms with Crippen molar-refractivity contribution in [1.29, 1.82) is 0 Å². The molecule has 0 saturated carbocycles. The summed E-state index contributed by atoms with van der Waals surface area (Å²) in [4.78, 5) is 25.8. The number of urea groups is 1. The van der Waals surface area contributed by atoms with Crippen LogP contribution in [0.1, 0.15) is 19.8 Å². The second-order valence-corrected chi connectivity index (χ2v) is 5.86. The molecule has 1 saturated heterocycles. The lowest BCUT2D eigenvalue weighted by Crippen LogP contribution is -2.42. The molecule has 1 aliphatic rings. The van der Waals surface area contributed by atoms with Crippen LogP contribution in [0.2, 0.25) is 0 Å². The van der Waals surface area contributed by atoms with Crippen molar-refractivity contribution < 1.29 is 14.3 Å². The maximum absolute atomic E-state index is 12.4. The van der Waals surface area contributed by atoms with E-state index in [0.29, 0.717) is 38.2 Å². The van der Waals surface area contributed by atoms with Crippen molar-refractivity contribution in [3.8, 4) is 0 Å². The zero-order valence-electron chi connectivity index (χ0n) is 13.9. The largest absolute Gasteiger partial charge is 0.466 e. The average molecular weight is 331 g/mol. The van der Waals surface area contributed by atoms with Crippen LogP contribution in [0.15, 0.2) is 18.2 Å². The molecule has 8 nitrogen and oxygen atoms in total. The van der Waals surface area contributed by atoms with Crippen LogP contribution >= 0.6 is 0 Å². The van der Waals surface area contributed by atoms with Crippen molar-refractivity contribution in [3.05, 3.63) is 18.2 Å². The predicted octanol–water partition coefficient (Wildman–Crippen LogP) is 1.78. The molecule has 0 aliphatic carbocycles. The molecule has 0 radical (unpaired) electrons. The molecule has 8 heteroatoms. The number of ether oxygens (including phenoxy) is 1. The van der Waals surface area contributed by atoms with Crippen molar-refractivity contribution in [1.82, 2.24) is 19.9 Å². The molecule has 1 fully saturated rings. The number of nitrogens with one attached hydrogen (secondary N) is 1. The Labute approximate surface area is 139 Å². The van der Waals surface area contributed by atoms with E-state index in [2.05, 4.69) is 15.6 Å². The van der Waals surface area contributed by atoms with Gasteiger partial charge < -0.3 is 15.0 Å². The maximum atomic E-state index is 12.4. The van der Waals surface area contributed by atoms with Gasteiger partial charge in [0.1, 0.15) is 5.52 Å². The number of rotatable bonds is 3. The quantitative estimate of drug-likeness (QED) is 0.866. The number of nitrogens with zero attached hydrogens (tertiary/aromatic N) is 4. The van der Waals surface area contributed by atoms with Gasteiger partial charge >= 0.3 is 12.0 Å². The number of benzene rings is 1. The Balaban J connectivity index is 1.58. The van der Waals surface area contributed by atoms with Crippen LogP contribution < -0.4 is 5.32 Å². The van der Waals surface area contributed by atoms with Crippen LogP contribution in [-0.4, -0.2) is 51.6 Å². The van der Waals surface area contributed by atoms with Crippen LogP contribution in [0.5, 0.6) is 0 Å². The van der Waals surface area contributed by atoms with E-state index in [9.17, 15) is 9.59 Å². The number of aromatic nitrogens is 3. The summed E-state index contributed by atoms with van der Waals surface area (Å²) in [6, 6.07) is 5.33. The predicted molar refractivity (Wildman–Crippen MR) is 88.5 cm³/mol. The molecule has 0 unspecified atom stereocenters. The number of esters is 1. The summed E-state index contributed by atoms with van der Waals surface area (Å²) in [7, 11) is 1.82. The Hall–Kier alpha value is -2.64. The van der Waals surface area contributed by atoms with Gasteiger partial charge in [-0.3, -0.25) is 4.79 Å². The molecule has 1 N–H and O–H groups in total. The van der Waals surface area contributed by atoms with Gasteiger partial charge in [-0.2, -0.15) is 0 Å². The fourth-order valence-electron chi connectivity index (χ4n) is 2.90. The van der Waals surface area contributed by atoms with Crippen LogP contribution in [0.25, 0.3) is 11.0 Å². The minimum atomic E-state index is -0.166. The van der Waals surface area contributed by atoms with Gasteiger partial charge in [0, 0.05) is 25.8 Å². The number of likely N-dealkylation sites (tertiary alicyclic amines) is 1. The first-order valence-corrected chi connectivity index (χ1v) is 8.10. The minimum Gasteiger partial charge on any atom is -0.466 e. The van der Waals surface area contributed by atoms with Crippen molar-refractivity contribution >= 4 is 28.7 Å². The third-order valence-electron chi connectivity index (χ3n) is 4.26. The zero-order valence-corrected chi connectivity index (χ0v) is 13.9. The third kappa shape index (κ3) is 3.32. The van der Waals surface area contributed by atoms with E-state index >= 15 is 0 Å². The maximum Gasteiger partial charge on any atom is 0.321 e. The molecule has 1 aromatic heterocycles. The highest BCUT2D eigenvalue weighted by Gasteiger charge is 2.28. The van der Waals surface area contributed by atoms with E-state index < -0.39 is 0 Å². The SMILES string of the molecule is CCOC(=O)C1CCN(C(=O)Nc2ccc3c(c2)nnn3C)CC1. The van der Waals surface area contributed by atoms with E-state index in [0.717, 1.165) is 11.0 Å². The summed E-state index contributed by atoms with van der Waals surface area (Å²) in [5, 5.41) is 10.9. The number of hydrogen-bond donors (Lipinski definition) is 1. The first-order chi connectivity index (χ1) is 11.6. The molecule has 0 spiro atoms. The fourth-order valence-corrected chi connectivity index (χ4v) is 2.90. The number of aryl methyl sites for hydroxylation is 1. The van der Waals surface area contributed by atoms with Gasteiger partial charge in [0.15, 0.2) is 0 Å². The molecule has 0 bridgehead atoms. The smallest absolute Gasteiger partial charge is 0.321 e. The van der Waals surface area contributed by atoms with Crippen molar-refractivity contribution in [3.63, 3.8) is 0 Å². The summed E-state index contributed by atoms with van der Waals surface area (Å²) < 4.78 is 6.72. The number of amides is 2. The summed E-state index contributed by atoms with van der Waals surface area (Å²) >= 11 is 0. The Kier molecular flexibility index (Phi) is 4.64. The van der Waals surface area contributed by atoms with E-state index in [1.807, 2.05) is 19.2 Å². The monoisotopic (exact) mass is 331 g/mol. The van der Waals surface area contributed by atoms with Gasteiger partial charge in [-0.05, 0) is 38.0 Å². The molecule has 1 aliphatic heterocycles. The highest BCUT2D eigenvalue weighted by Crippen LogP contribution is 2.21. The van der Waals surface area contributed by atoms with Crippen LogP contribution in [-0.2, 0) is 16.6 Å². The average Bonchev–Trinajstić information content (AvgIpc) is 2.96. The first kappa shape index (κ1) is 16.2. The molecule has 2 aromatic rings. The molecule has 24 heavy (non-hydrogen) atoms. The molecule has 0 atom stereocenters. The van der Waals surface area contributed by atoms with Crippen molar-refractivity contribution in [2.24, 2.45) is 13.0 Å². The van der Waals surface area contributed by atoms with E-state index in [4.69, 9.17) is 4.74 Å². The molecule has 2 amide bonds. The van der Waals surface area contributed by atoms with Crippen LogP contribution in [0.4, 0.5) is 10.5 Å². The number of piperidine rings is 1. The molecule has 1 aromatic carbocycles. The Morgan fingerprint density at radius 3 is 2.79 bits per heavy atom. The standard InChI is InChI=1S/C16H21N5O3/c1-3-24-15(22)11-6-8-21(9-7-11)16(23)17-12-4-5-14-13(10-12)18-19-20(14)2/h4-5,10-11H,3,6-9H2,1-2H3,(H,17,23). The minimum absolute atomic E-state index is 0.107. The van der Waals surface area contributed by atoms with E-state index in [-0.39, 0.29) is 17.9 Å². The molecule has 2 heterocycles. The van der Waals surface area contributed by atoms with Crippen LogP contribution in [0.3, 0.4) is 0 Å². The highest BCUT2D eigenvalue weighted by molar-refractivity contribution is 5.92. The lowest BCUT2D eigenvalue weighted by molar-refractivity contribution is -0.149. The number of hydrogen-bond acceptors (Lipinski definition) is 5. The van der Waals surface area contributed by atoms with Gasteiger partial charge in [-0.25, -0.2) is 9.48 Å². The van der Waals surface area contributed by atoms with Gasteiger partial charge in [-0.1, -0.05) is 5.21 Å². The van der Waals surface area contributed by atoms with E-state index in [1.54, 1.807) is 22.6 Å². The number of carbonyl (C=O) groups is 2. The van der Waals surface area contributed by atoms with Crippen molar-refractivity contribution in [2.45, 2.75) is 19.8 Å². The third-order valence-corrected chi connectivity index (χ3v) is 4.26. The van der Waals surface area contributed by atoms with Crippen molar-refractivity contribution in [2.75, 3.05) is 25.0 Å². The number of fused-ring (bicyclic) bond motifs is 1. The molecular formula is C16H21N5O3. The number of carbonyl (C=O) groups excluding carboxylic acids is 2. The second-order valence-electron chi connectivity index (χ2n) is 5.86. The van der Waals surface area contributed by atoms with Gasteiger partial charge in [0.2, 0.25) is 0 Å². The van der Waals surface area contributed by atoms with Gasteiger partial charge in [0.05, 0.1) is 18.0 Å². The summed E-state index contributed by atoms with van der Waals surface area (Å²) in [6.07, 6.45) is 1.27. The van der Waals surface area contributed by atoms with E-state index in [1.165, 1.54) is 0 Å². The topological polar surface area (TPSA) is 89.3 Å². The Morgan fingerprint density at radius 1 is 1.33 bits per heavy atom. The second kappa shape index (κ2) is 6.86. The molecular weight excluding hydrogens is 310 g/mol. The summed E-state index contributed by atoms with van der Waals surface area (Å²) in [5.41, 5.74) is 2.32. The van der Waals surface area contributed by atoms with Crippen LogP contribution in [0, 0.1) is 5.92 Å². The molecule has 128 valence electrons.